The van der Waals surface area contributed by atoms with Gasteiger partial charge in [-0.25, -0.2) is 4.79 Å². The van der Waals surface area contributed by atoms with Gasteiger partial charge in [0.05, 0.1) is 18.8 Å². The lowest BCUT2D eigenvalue weighted by atomic mass is 9.89. The Labute approximate surface area is 213 Å². The summed E-state index contributed by atoms with van der Waals surface area (Å²) in [4.78, 5) is 16.9. The number of hydrogen-bond acceptors (Lipinski definition) is 4. The first kappa shape index (κ1) is 24.7. The summed E-state index contributed by atoms with van der Waals surface area (Å²) in [6.45, 7) is 9.85. The Kier molecular flexibility index (Phi) is 7.53. The Bertz CT molecular complexity index is 979. The number of amides is 1. The van der Waals surface area contributed by atoms with Gasteiger partial charge >= 0.3 is 6.09 Å². The Balaban J connectivity index is 1.48. The third-order valence-corrected chi connectivity index (χ3v) is 7.31. The molecule has 2 aromatic rings. The van der Waals surface area contributed by atoms with Crippen molar-refractivity contribution in [1.82, 2.24) is 9.80 Å². The second-order valence-electron chi connectivity index (χ2n) is 9.91. The summed E-state index contributed by atoms with van der Waals surface area (Å²) < 4.78 is 14.0. The third kappa shape index (κ3) is 5.81. The van der Waals surface area contributed by atoms with Crippen molar-refractivity contribution in [2.75, 3.05) is 32.8 Å². The fourth-order valence-corrected chi connectivity index (χ4v) is 6.30. The highest BCUT2D eigenvalue weighted by Crippen LogP contribution is 2.42. The summed E-state index contributed by atoms with van der Waals surface area (Å²) in [5.41, 5.74) is 3.26. The summed E-state index contributed by atoms with van der Waals surface area (Å²) in [6, 6.07) is 15.0. The summed E-state index contributed by atoms with van der Waals surface area (Å²) >= 11 is 7.13. The van der Waals surface area contributed by atoms with Crippen LogP contribution < -0.4 is 0 Å². The molecule has 0 aromatic heterocycles. The molecule has 33 heavy (non-hydrogen) atoms. The van der Waals surface area contributed by atoms with Gasteiger partial charge in [0, 0.05) is 35.1 Å². The molecule has 1 saturated heterocycles. The summed E-state index contributed by atoms with van der Waals surface area (Å²) in [5.74, 6) is 0. The van der Waals surface area contributed by atoms with Gasteiger partial charge in [0.2, 0.25) is 0 Å². The highest BCUT2D eigenvalue weighted by Gasteiger charge is 2.45. The maximum atomic E-state index is 12.6. The van der Waals surface area contributed by atoms with E-state index in [1.54, 1.807) is 0 Å². The predicted molar refractivity (Wildman–Crippen MR) is 137 cm³/mol. The van der Waals surface area contributed by atoms with E-state index < -0.39 is 5.60 Å². The molecule has 0 saturated carbocycles. The predicted octanol–water partition coefficient (Wildman–Crippen LogP) is 6.12. The second-order valence-corrected chi connectivity index (χ2v) is 11.7. The molecule has 1 amide bonds. The van der Waals surface area contributed by atoms with E-state index in [0.717, 1.165) is 40.4 Å². The van der Waals surface area contributed by atoms with Gasteiger partial charge < -0.3 is 14.4 Å². The van der Waals surface area contributed by atoms with Gasteiger partial charge in [-0.1, -0.05) is 56.1 Å². The number of aryl methyl sites for hydroxylation is 1. The molecule has 7 heteroatoms. The summed E-state index contributed by atoms with van der Waals surface area (Å²) in [7, 11) is 0. The molecule has 0 unspecified atom stereocenters. The fraction of sp³-hybridized carbons (Fsp3) is 0.500. The Morgan fingerprint density at radius 3 is 2.36 bits per heavy atom. The quantitative estimate of drug-likeness (QED) is 0.428. The van der Waals surface area contributed by atoms with E-state index in [4.69, 9.17) is 9.47 Å². The zero-order valence-electron chi connectivity index (χ0n) is 19.6. The van der Waals surface area contributed by atoms with Gasteiger partial charge in [-0.05, 0) is 68.5 Å². The molecule has 0 radical (unpaired) electrons. The van der Waals surface area contributed by atoms with Gasteiger partial charge in [0.1, 0.15) is 5.60 Å². The molecule has 1 heterocycles. The maximum absolute atomic E-state index is 12.6. The van der Waals surface area contributed by atoms with Crippen LogP contribution in [0.5, 0.6) is 0 Å². The number of rotatable bonds is 5. The van der Waals surface area contributed by atoms with Crippen LogP contribution in [0.15, 0.2) is 51.4 Å². The van der Waals surface area contributed by atoms with E-state index in [9.17, 15) is 4.79 Å². The molecular formula is C26H32Br2N2O3. The van der Waals surface area contributed by atoms with Crippen molar-refractivity contribution in [3.8, 4) is 0 Å². The van der Waals surface area contributed by atoms with E-state index in [-0.39, 0.29) is 11.6 Å². The van der Waals surface area contributed by atoms with Gasteiger partial charge in [-0.2, -0.15) is 0 Å². The average Bonchev–Trinajstić information content (AvgIpc) is 3.12. The average molecular weight is 580 g/mol. The molecule has 1 aliphatic carbocycles. The number of benzene rings is 2. The van der Waals surface area contributed by atoms with Crippen molar-refractivity contribution in [2.24, 2.45) is 0 Å². The number of nitrogens with zero attached hydrogens (tertiary/aromatic N) is 2. The van der Waals surface area contributed by atoms with Crippen LogP contribution in [-0.2, 0) is 28.0 Å². The van der Waals surface area contributed by atoms with Crippen LogP contribution >= 0.6 is 31.9 Å². The largest absolute Gasteiger partial charge is 0.444 e. The monoisotopic (exact) mass is 578 g/mol. The molecule has 178 valence electrons. The molecular weight excluding hydrogens is 548 g/mol. The van der Waals surface area contributed by atoms with Gasteiger partial charge in [-0.15, -0.1) is 0 Å². The molecule has 5 nitrogen and oxygen atoms in total. The van der Waals surface area contributed by atoms with Crippen LogP contribution in [0.25, 0.3) is 0 Å². The van der Waals surface area contributed by atoms with Crippen LogP contribution in [0, 0.1) is 0 Å². The van der Waals surface area contributed by atoms with E-state index in [1.165, 1.54) is 11.1 Å². The van der Waals surface area contributed by atoms with E-state index in [1.807, 2.05) is 31.7 Å². The molecule has 0 bridgehead atoms. The standard InChI is InChI=1S/C26H32Br2N2O3/c1-25(2,3)33-24(31)29-10-12-30(13-11-29)26(9-8-20-6-4-5-7-23(20)26)18-32-17-19-14-21(27)16-22(28)15-19/h4-7,14-16H,8-13,17-18H2,1-3H3/t26-/m1/s1. The van der Waals surface area contributed by atoms with Crippen molar-refractivity contribution < 1.29 is 14.3 Å². The molecule has 0 spiro atoms. The lowest BCUT2D eigenvalue weighted by molar-refractivity contribution is -0.0441. The number of halogens is 2. The summed E-state index contributed by atoms with van der Waals surface area (Å²) in [5, 5.41) is 0. The number of piperazine rings is 1. The normalized spacial score (nSPS) is 21.2. The van der Waals surface area contributed by atoms with Crippen molar-refractivity contribution in [2.45, 2.75) is 51.4 Å². The molecule has 4 rings (SSSR count). The number of hydrogen-bond donors (Lipinski definition) is 0. The first-order valence-corrected chi connectivity index (χ1v) is 13.1. The van der Waals surface area contributed by atoms with Crippen LogP contribution in [0.2, 0.25) is 0 Å². The van der Waals surface area contributed by atoms with Gasteiger partial charge in [0.25, 0.3) is 0 Å². The SMILES string of the molecule is CC(C)(C)OC(=O)N1CCN([C@@]2(COCc3cc(Br)cc(Br)c3)CCc3ccccc32)CC1. The van der Waals surface area contributed by atoms with E-state index in [0.29, 0.717) is 26.3 Å². The van der Waals surface area contributed by atoms with Crippen molar-refractivity contribution >= 4 is 38.0 Å². The molecule has 2 aromatic carbocycles. The zero-order chi connectivity index (χ0) is 23.6. The van der Waals surface area contributed by atoms with E-state index >= 15 is 0 Å². The fourth-order valence-electron chi connectivity index (χ4n) is 4.91. The Hall–Kier alpha value is -1.41. The van der Waals surface area contributed by atoms with Crippen molar-refractivity contribution in [3.63, 3.8) is 0 Å². The van der Waals surface area contributed by atoms with Crippen molar-refractivity contribution in [3.05, 3.63) is 68.1 Å². The summed E-state index contributed by atoms with van der Waals surface area (Å²) in [6.07, 6.45) is 1.86. The lowest BCUT2D eigenvalue weighted by Crippen LogP contribution is -2.58. The van der Waals surface area contributed by atoms with Crippen LogP contribution in [0.1, 0.15) is 43.9 Å². The number of carbonyl (C=O) groups is 1. The Morgan fingerprint density at radius 1 is 1.03 bits per heavy atom. The first-order valence-electron chi connectivity index (χ1n) is 11.5. The Morgan fingerprint density at radius 2 is 1.70 bits per heavy atom. The first-order chi connectivity index (χ1) is 15.7. The minimum absolute atomic E-state index is 0.167. The third-order valence-electron chi connectivity index (χ3n) is 6.40. The zero-order valence-corrected chi connectivity index (χ0v) is 22.7. The van der Waals surface area contributed by atoms with Gasteiger partial charge in [-0.3, -0.25) is 4.90 Å². The van der Waals surface area contributed by atoms with Crippen LogP contribution in [0.4, 0.5) is 4.79 Å². The topological polar surface area (TPSA) is 42.0 Å². The maximum Gasteiger partial charge on any atom is 0.410 e. The highest BCUT2D eigenvalue weighted by molar-refractivity contribution is 9.11. The highest BCUT2D eigenvalue weighted by atomic mass is 79.9. The molecule has 1 fully saturated rings. The molecule has 1 atom stereocenters. The van der Waals surface area contributed by atoms with Crippen LogP contribution in [-0.4, -0.2) is 54.3 Å². The molecule has 1 aliphatic heterocycles. The minimum atomic E-state index is -0.477. The van der Waals surface area contributed by atoms with Gasteiger partial charge in [0.15, 0.2) is 0 Å². The van der Waals surface area contributed by atoms with Crippen molar-refractivity contribution in [1.29, 1.82) is 0 Å². The molecule has 0 N–H and O–H groups in total. The second kappa shape index (κ2) is 10.1. The number of carbonyl (C=O) groups excluding carboxylic acids is 1. The smallest absolute Gasteiger partial charge is 0.410 e. The number of ether oxygens (including phenoxy) is 2. The van der Waals surface area contributed by atoms with Crippen LogP contribution in [0.3, 0.4) is 0 Å². The number of fused-ring (bicyclic) bond motifs is 1. The molecule has 2 aliphatic rings. The lowest BCUT2D eigenvalue weighted by Gasteiger charge is -2.46. The van der Waals surface area contributed by atoms with E-state index in [2.05, 4.69) is 73.2 Å². The minimum Gasteiger partial charge on any atom is -0.444 e.